The summed E-state index contributed by atoms with van der Waals surface area (Å²) in [5.74, 6) is -0.416. The number of H-pyrrole nitrogens is 1. The summed E-state index contributed by atoms with van der Waals surface area (Å²) in [7, 11) is 1.99. The number of carbonyl (C=O) groups is 3. The third-order valence-corrected chi connectivity index (χ3v) is 4.61. The monoisotopic (exact) mass is 349 g/mol. The van der Waals surface area contributed by atoms with Gasteiger partial charge in [-0.1, -0.05) is 6.92 Å². The van der Waals surface area contributed by atoms with E-state index in [1.807, 2.05) is 7.05 Å². The molecule has 0 aromatic carbocycles. The molecule has 5 N–H and O–H groups in total. The number of nitrogens with two attached hydrogens (primary N) is 1. The Hall–Kier alpha value is -2.35. The van der Waals surface area contributed by atoms with Crippen molar-refractivity contribution in [1.29, 1.82) is 0 Å². The van der Waals surface area contributed by atoms with E-state index in [9.17, 15) is 14.4 Å². The molecule has 0 bridgehead atoms. The van der Waals surface area contributed by atoms with Gasteiger partial charge in [0.15, 0.2) is 0 Å². The number of nitrogens with zero attached hydrogens (tertiary/aromatic N) is 1. The number of primary amides is 1. The number of aromatic nitrogens is 1. The van der Waals surface area contributed by atoms with E-state index in [0.717, 1.165) is 25.9 Å². The van der Waals surface area contributed by atoms with E-state index in [1.54, 1.807) is 0 Å². The van der Waals surface area contributed by atoms with Crippen LogP contribution in [0.3, 0.4) is 0 Å². The van der Waals surface area contributed by atoms with Gasteiger partial charge in [0.1, 0.15) is 11.4 Å². The third-order valence-electron chi connectivity index (χ3n) is 4.61. The van der Waals surface area contributed by atoms with Crippen LogP contribution < -0.4 is 16.4 Å². The Kier molecular flexibility index (Phi) is 6.58. The van der Waals surface area contributed by atoms with Crippen LogP contribution in [0.1, 0.15) is 47.2 Å². The molecule has 0 spiro atoms. The summed E-state index contributed by atoms with van der Waals surface area (Å²) in [6, 6.07) is 3.22. The molecule has 1 saturated carbocycles. The summed E-state index contributed by atoms with van der Waals surface area (Å²) in [6.07, 6.45) is 2.25. The van der Waals surface area contributed by atoms with Crippen LogP contribution >= 0.6 is 0 Å². The fraction of sp³-hybridized carbons (Fsp3) is 0.588. The summed E-state index contributed by atoms with van der Waals surface area (Å²) in [4.78, 5) is 39.6. The third kappa shape index (κ3) is 5.60. The first-order valence-electron chi connectivity index (χ1n) is 8.64. The fourth-order valence-corrected chi connectivity index (χ4v) is 2.77. The highest BCUT2D eigenvalue weighted by Gasteiger charge is 2.30. The second-order valence-corrected chi connectivity index (χ2v) is 6.61. The highest BCUT2D eigenvalue weighted by molar-refractivity contribution is 5.96. The molecule has 0 radical (unpaired) electrons. The topological polar surface area (TPSA) is 120 Å². The van der Waals surface area contributed by atoms with Crippen LogP contribution in [0.15, 0.2) is 12.1 Å². The van der Waals surface area contributed by atoms with Gasteiger partial charge in [0, 0.05) is 25.6 Å². The van der Waals surface area contributed by atoms with Crippen LogP contribution in [0.5, 0.6) is 0 Å². The molecular weight excluding hydrogens is 322 g/mol. The zero-order valence-electron chi connectivity index (χ0n) is 14.8. The van der Waals surface area contributed by atoms with E-state index in [0.29, 0.717) is 24.6 Å². The van der Waals surface area contributed by atoms with Gasteiger partial charge < -0.3 is 26.3 Å². The SMILES string of the molecule is CCN(C)CCC(=O)NC1CC(CNC(=O)c2ccc(C(N)=O)[nH]2)C1. The van der Waals surface area contributed by atoms with Crippen molar-refractivity contribution in [3.63, 3.8) is 0 Å². The van der Waals surface area contributed by atoms with Gasteiger partial charge in [-0.25, -0.2) is 0 Å². The van der Waals surface area contributed by atoms with Crippen molar-refractivity contribution >= 4 is 17.7 Å². The zero-order valence-corrected chi connectivity index (χ0v) is 14.8. The second kappa shape index (κ2) is 8.66. The number of hydrogen-bond donors (Lipinski definition) is 4. The summed E-state index contributed by atoms with van der Waals surface area (Å²) < 4.78 is 0. The van der Waals surface area contributed by atoms with Crippen LogP contribution in [0.4, 0.5) is 0 Å². The van der Waals surface area contributed by atoms with Crippen LogP contribution in [0.25, 0.3) is 0 Å². The molecule has 2 rings (SSSR count). The predicted molar refractivity (Wildman–Crippen MR) is 94.1 cm³/mol. The summed E-state index contributed by atoms with van der Waals surface area (Å²) in [5.41, 5.74) is 5.67. The number of nitrogens with one attached hydrogen (secondary N) is 3. The molecular formula is C17H27N5O3. The molecule has 0 atom stereocenters. The predicted octanol–water partition coefficient (Wildman–Crippen LogP) is 0.0800. The minimum Gasteiger partial charge on any atom is -0.364 e. The number of rotatable bonds is 9. The van der Waals surface area contributed by atoms with Crippen LogP contribution in [-0.4, -0.2) is 60.3 Å². The van der Waals surface area contributed by atoms with E-state index in [-0.39, 0.29) is 23.6 Å². The van der Waals surface area contributed by atoms with Gasteiger partial charge >= 0.3 is 0 Å². The smallest absolute Gasteiger partial charge is 0.267 e. The second-order valence-electron chi connectivity index (χ2n) is 6.61. The highest BCUT2D eigenvalue weighted by Crippen LogP contribution is 2.26. The Balaban J connectivity index is 1.62. The number of carbonyl (C=O) groups excluding carboxylic acids is 3. The first-order valence-corrected chi connectivity index (χ1v) is 8.64. The normalized spacial score (nSPS) is 19.3. The van der Waals surface area contributed by atoms with E-state index in [4.69, 9.17) is 5.73 Å². The van der Waals surface area contributed by atoms with Crippen LogP contribution in [0.2, 0.25) is 0 Å². The summed E-state index contributed by atoms with van der Waals surface area (Å²) in [6.45, 7) is 4.30. The minimum atomic E-state index is -0.596. The van der Waals surface area contributed by atoms with Gasteiger partial charge in [0.25, 0.3) is 11.8 Å². The molecule has 8 heteroatoms. The Morgan fingerprint density at radius 1 is 1.28 bits per heavy atom. The van der Waals surface area contributed by atoms with Gasteiger partial charge in [-0.3, -0.25) is 14.4 Å². The first-order chi connectivity index (χ1) is 11.9. The molecule has 1 aliphatic carbocycles. The quantitative estimate of drug-likeness (QED) is 0.504. The van der Waals surface area contributed by atoms with Gasteiger partial charge in [-0.15, -0.1) is 0 Å². The van der Waals surface area contributed by atoms with E-state index in [1.165, 1.54) is 12.1 Å². The van der Waals surface area contributed by atoms with Gasteiger partial charge in [-0.2, -0.15) is 0 Å². The molecule has 1 aliphatic rings. The average Bonchev–Trinajstić information content (AvgIpc) is 3.04. The van der Waals surface area contributed by atoms with Crippen molar-refractivity contribution < 1.29 is 14.4 Å². The first kappa shape index (κ1) is 19.0. The number of hydrogen-bond acceptors (Lipinski definition) is 4. The molecule has 0 saturated heterocycles. The lowest BCUT2D eigenvalue weighted by molar-refractivity contribution is -0.122. The lowest BCUT2D eigenvalue weighted by Gasteiger charge is -2.36. The lowest BCUT2D eigenvalue weighted by atomic mass is 9.80. The molecule has 0 unspecified atom stereocenters. The van der Waals surface area contributed by atoms with Crippen molar-refractivity contribution in [1.82, 2.24) is 20.5 Å². The summed E-state index contributed by atoms with van der Waals surface area (Å²) in [5, 5.41) is 5.86. The average molecular weight is 349 g/mol. The Morgan fingerprint density at radius 3 is 2.56 bits per heavy atom. The standard InChI is InChI=1S/C17H27N5O3/c1-3-22(2)7-6-15(23)20-12-8-11(9-12)10-19-17(25)14-5-4-13(21-14)16(18)24/h4-5,11-12,21H,3,6-10H2,1-2H3,(H2,18,24)(H,19,25)(H,20,23). The minimum absolute atomic E-state index is 0.0816. The molecule has 1 heterocycles. The lowest BCUT2D eigenvalue weighted by Crippen LogP contribution is -2.48. The Morgan fingerprint density at radius 2 is 1.96 bits per heavy atom. The maximum Gasteiger partial charge on any atom is 0.267 e. The number of aromatic amines is 1. The Bertz CT molecular complexity index is 622. The van der Waals surface area contributed by atoms with Crippen molar-refractivity contribution in [2.75, 3.05) is 26.7 Å². The molecule has 1 aromatic heterocycles. The highest BCUT2D eigenvalue weighted by atomic mass is 16.2. The molecule has 1 fully saturated rings. The largest absolute Gasteiger partial charge is 0.364 e. The maximum absolute atomic E-state index is 12.0. The van der Waals surface area contributed by atoms with Crippen molar-refractivity contribution in [3.8, 4) is 0 Å². The van der Waals surface area contributed by atoms with E-state index >= 15 is 0 Å². The number of amides is 3. The van der Waals surface area contributed by atoms with Gasteiger partial charge in [0.2, 0.25) is 5.91 Å². The van der Waals surface area contributed by atoms with Gasteiger partial charge in [0.05, 0.1) is 0 Å². The molecule has 0 aliphatic heterocycles. The molecule has 1 aromatic rings. The summed E-state index contributed by atoms with van der Waals surface area (Å²) >= 11 is 0. The Labute approximate surface area is 147 Å². The molecule has 138 valence electrons. The van der Waals surface area contributed by atoms with Crippen LogP contribution in [-0.2, 0) is 4.79 Å². The van der Waals surface area contributed by atoms with E-state index in [2.05, 4.69) is 27.4 Å². The van der Waals surface area contributed by atoms with Gasteiger partial charge in [-0.05, 0) is 44.5 Å². The maximum atomic E-state index is 12.0. The van der Waals surface area contributed by atoms with Crippen molar-refractivity contribution in [2.45, 2.75) is 32.2 Å². The van der Waals surface area contributed by atoms with Crippen molar-refractivity contribution in [2.24, 2.45) is 11.7 Å². The molecule has 3 amide bonds. The molecule has 8 nitrogen and oxygen atoms in total. The molecule has 25 heavy (non-hydrogen) atoms. The van der Waals surface area contributed by atoms with Crippen molar-refractivity contribution in [3.05, 3.63) is 23.5 Å². The fourth-order valence-electron chi connectivity index (χ4n) is 2.77. The van der Waals surface area contributed by atoms with Crippen LogP contribution in [0, 0.1) is 5.92 Å². The zero-order chi connectivity index (χ0) is 18.4. The van der Waals surface area contributed by atoms with E-state index < -0.39 is 5.91 Å².